The lowest BCUT2D eigenvalue weighted by Crippen LogP contribution is -2.07. The molecule has 0 atom stereocenters. The number of benzene rings is 2. The first-order valence-corrected chi connectivity index (χ1v) is 5.45. The van der Waals surface area contributed by atoms with Crippen molar-refractivity contribution in [3.63, 3.8) is 0 Å². The minimum absolute atomic E-state index is 0.124. The van der Waals surface area contributed by atoms with Crippen LogP contribution in [0.4, 0.5) is 22.0 Å². The molecule has 0 unspecified atom stereocenters. The van der Waals surface area contributed by atoms with Crippen LogP contribution in [0.5, 0.6) is 0 Å². The van der Waals surface area contributed by atoms with Crippen LogP contribution in [0.15, 0.2) is 36.4 Å². The molecule has 0 aliphatic carbocycles. The minimum Gasteiger partial charge on any atom is -0.298 e. The molecule has 2 rings (SSSR count). The second-order valence-electron chi connectivity index (χ2n) is 4.05. The Bertz CT molecular complexity index is 661. The van der Waals surface area contributed by atoms with Crippen LogP contribution in [0.2, 0.25) is 0 Å². The van der Waals surface area contributed by atoms with Gasteiger partial charge < -0.3 is 0 Å². The first-order chi connectivity index (χ1) is 9.32. The molecule has 0 aliphatic heterocycles. The van der Waals surface area contributed by atoms with Crippen LogP contribution in [-0.2, 0) is 6.18 Å². The third-order valence-electron chi connectivity index (χ3n) is 2.73. The van der Waals surface area contributed by atoms with Gasteiger partial charge in [0.2, 0.25) is 0 Å². The second kappa shape index (κ2) is 5.03. The van der Waals surface area contributed by atoms with E-state index in [9.17, 15) is 26.7 Å². The van der Waals surface area contributed by atoms with E-state index in [2.05, 4.69) is 0 Å². The van der Waals surface area contributed by atoms with E-state index in [-0.39, 0.29) is 23.0 Å². The van der Waals surface area contributed by atoms with E-state index in [0.29, 0.717) is 12.1 Å². The molecule has 0 bridgehead atoms. The maximum absolute atomic E-state index is 13.4. The molecule has 20 heavy (non-hydrogen) atoms. The minimum atomic E-state index is -4.78. The van der Waals surface area contributed by atoms with E-state index >= 15 is 0 Å². The summed E-state index contributed by atoms with van der Waals surface area (Å²) >= 11 is 0. The average molecular weight is 286 g/mol. The van der Waals surface area contributed by atoms with E-state index in [1.165, 1.54) is 6.07 Å². The summed E-state index contributed by atoms with van der Waals surface area (Å²) in [5.41, 5.74) is -1.25. The van der Waals surface area contributed by atoms with Gasteiger partial charge in [-0.3, -0.25) is 4.79 Å². The molecule has 0 aromatic heterocycles. The Morgan fingerprint density at radius 1 is 0.850 bits per heavy atom. The van der Waals surface area contributed by atoms with Gasteiger partial charge >= 0.3 is 6.18 Å². The van der Waals surface area contributed by atoms with Crippen molar-refractivity contribution in [2.45, 2.75) is 6.18 Å². The number of alkyl halides is 3. The molecule has 0 saturated heterocycles. The fourth-order valence-corrected chi connectivity index (χ4v) is 1.74. The zero-order valence-corrected chi connectivity index (χ0v) is 9.84. The van der Waals surface area contributed by atoms with E-state index in [0.717, 1.165) is 18.2 Å². The molecule has 0 aliphatic rings. The van der Waals surface area contributed by atoms with Crippen molar-refractivity contribution in [2.24, 2.45) is 0 Å². The van der Waals surface area contributed by atoms with Crippen LogP contribution in [-0.4, -0.2) is 6.29 Å². The third-order valence-corrected chi connectivity index (χ3v) is 2.73. The molecule has 0 spiro atoms. The molecule has 0 fully saturated rings. The normalized spacial score (nSPS) is 11.4. The largest absolute Gasteiger partial charge is 0.419 e. The second-order valence-corrected chi connectivity index (χ2v) is 4.05. The number of carbonyl (C=O) groups is 1. The van der Waals surface area contributed by atoms with Crippen molar-refractivity contribution in [1.82, 2.24) is 0 Å². The van der Waals surface area contributed by atoms with Gasteiger partial charge in [0.15, 0.2) is 6.29 Å². The van der Waals surface area contributed by atoms with Gasteiger partial charge in [-0.2, -0.15) is 13.2 Å². The third kappa shape index (κ3) is 2.68. The highest BCUT2D eigenvalue weighted by molar-refractivity contribution is 5.79. The van der Waals surface area contributed by atoms with Gasteiger partial charge in [0.05, 0.1) is 11.1 Å². The molecule has 0 heterocycles. The van der Waals surface area contributed by atoms with Crippen LogP contribution in [0, 0.1) is 11.6 Å². The molecule has 1 nitrogen and oxygen atoms in total. The van der Waals surface area contributed by atoms with Gasteiger partial charge in [0, 0.05) is 0 Å². The molecule has 2 aromatic rings. The molecule has 6 heteroatoms. The van der Waals surface area contributed by atoms with Crippen molar-refractivity contribution in [3.8, 4) is 11.1 Å². The number of hydrogen-bond donors (Lipinski definition) is 0. The maximum atomic E-state index is 13.4. The zero-order valence-electron chi connectivity index (χ0n) is 9.84. The summed E-state index contributed by atoms with van der Waals surface area (Å²) < 4.78 is 63.8. The van der Waals surface area contributed by atoms with E-state index in [1.807, 2.05) is 0 Å². The summed E-state index contributed by atoms with van der Waals surface area (Å²) in [6.07, 6.45) is -4.50. The lowest BCUT2D eigenvalue weighted by atomic mass is 10.0. The van der Waals surface area contributed by atoms with E-state index in [4.69, 9.17) is 0 Å². The van der Waals surface area contributed by atoms with Crippen LogP contribution in [0.25, 0.3) is 11.1 Å². The quantitative estimate of drug-likeness (QED) is 0.588. The summed E-state index contributed by atoms with van der Waals surface area (Å²) in [5, 5.41) is 0. The Kier molecular flexibility index (Phi) is 3.57. The van der Waals surface area contributed by atoms with Crippen molar-refractivity contribution in [3.05, 3.63) is 59.2 Å². The zero-order chi connectivity index (χ0) is 14.9. The van der Waals surface area contributed by atoms with Crippen molar-refractivity contribution in [2.75, 3.05) is 0 Å². The van der Waals surface area contributed by atoms with Gasteiger partial charge in [-0.25, -0.2) is 8.78 Å². The lowest BCUT2D eigenvalue weighted by molar-refractivity contribution is -0.139. The van der Waals surface area contributed by atoms with Crippen molar-refractivity contribution in [1.29, 1.82) is 0 Å². The van der Waals surface area contributed by atoms with Gasteiger partial charge in [-0.1, -0.05) is 12.1 Å². The van der Waals surface area contributed by atoms with Crippen molar-refractivity contribution < 1.29 is 26.7 Å². The predicted molar refractivity (Wildman–Crippen MR) is 62.2 cm³/mol. The standard InChI is InChI=1S/C14H7F5O/c15-12-4-2-8(5-10(12)7-20)9-1-3-11(13(16)6-9)14(17,18)19/h1-7H. The van der Waals surface area contributed by atoms with Gasteiger partial charge in [-0.15, -0.1) is 0 Å². The SMILES string of the molecule is O=Cc1cc(-c2ccc(C(F)(F)F)c(F)c2)ccc1F. The molecule has 0 saturated carbocycles. The maximum Gasteiger partial charge on any atom is 0.419 e. The van der Waals surface area contributed by atoms with Gasteiger partial charge in [0.25, 0.3) is 0 Å². The number of halogens is 5. The summed E-state index contributed by atoms with van der Waals surface area (Å²) in [7, 11) is 0. The average Bonchev–Trinajstić information content (AvgIpc) is 2.37. The Balaban J connectivity index is 2.49. The summed E-state index contributed by atoms with van der Waals surface area (Å²) in [6.45, 7) is 0. The molecule has 104 valence electrons. The summed E-state index contributed by atoms with van der Waals surface area (Å²) in [4.78, 5) is 10.6. The van der Waals surface area contributed by atoms with E-state index in [1.54, 1.807) is 0 Å². The van der Waals surface area contributed by atoms with Crippen LogP contribution in [0.3, 0.4) is 0 Å². The van der Waals surface area contributed by atoms with Gasteiger partial charge in [0.1, 0.15) is 11.6 Å². The molecular weight excluding hydrogens is 279 g/mol. The summed E-state index contributed by atoms with van der Waals surface area (Å²) in [6, 6.07) is 5.76. The lowest BCUT2D eigenvalue weighted by Gasteiger charge is -2.10. The Morgan fingerprint density at radius 2 is 1.45 bits per heavy atom. The van der Waals surface area contributed by atoms with Crippen LogP contribution >= 0.6 is 0 Å². The van der Waals surface area contributed by atoms with Crippen LogP contribution in [0.1, 0.15) is 15.9 Å². The van der Waals surface area contributed by atoms with Gasteiger partial charge in [-0.05, 0) is 35.4 Å². The molecule has 0 N–H and O–H groups in total. The monoisotopic (exact) mass is 286 g/mol. The fraction of sp³-hybridized carbons (Fsp3) is 0.0714. The first kappa shape index (κ1) is 14.2. The highest BCUT2D eigenvalue weighted by Gasteiger charge is 2.33. The Morgan fingerprint density at radius 3 is 2.00 bits per heavy atom. The molecule has 0 amide bonds. The number of rotatable bonds is 2. The Hall–Kier alpha value is -2.24. The predicted octanol–water partition coefficient (Wildman–Crippen LogP) is 4.46. The highest BCUT2D eigenvalue weighted by Crippen LogP contribution is 2.33. The fourth-order valence-electron chi connectivity index (χ4n) is 1.74. The first-order valence-electron chi connectivity index (χ1n) is 5.45. The van der Waals surface area contributed by atoms with Crippen LogP contribution < -0.4 is 0 Å². The molecular formula is C14H7F5O. The molecule has 0 radical (unpaired) electrons. The number of aldehydes is 1. The molecule has 2 aromatic carbocycles. The Labute approximate surface area is 110 Å². The smallest absolute Gasteiger partial charge is 0.298 e. The number of hydrogen-bond acceptors (Lipinski definition) is 1. The summed E-state index contributed by atoms with van der Waals surface area (Å²) in [5.74, 6) is -2.18. The van der Waals surface area contributed by atoms with Crippen molar-refractivity contribution >= 4 is 6.29 Å². The van der Waals surface area contributed by atoms with E-state index < -0.39 is 23.4 Å². The topological polar surface area (TPSA) is 17.1 Å². The highest BCUT2D eigenvalue weighted by atomic mass is 19.4. The number of carbonyl (C=O) groups excluding carboxylic acids is 1.